The highest BCUT2D eigenvalue weighted by molar-refractivity contribution is 5.98. The van der Waals surface area contributed by atoms with E-state index in [1.54, 1.807) is 6.07 Å². The molecular weight excluding hydrogens is 256 g/mol. The zero-order chi connectivity index (χ0) is 14.7. The normalized spacial score (nSPS) is 13.9. The Kier molecular flexibility index (Phi) is 4.20. The first kappa shape index (κ1) is 14.3. The number of carboxylic acids is 1. The Morgan fingerprint density at radius 2 is 2.05 bits per heavy atom. The summed E-state index contributed by atoms with van der Waals surface area (Å²) < 4.78 is 0. The van der Waals surface area contributed by atoms with Crippen molar-refractivity contribution in [1.82, 2.24) is 4.98 Å². The Hall–Kier alpha value is -2.14. The number of carboxylic acid groups (broad SMARTS) is 1. The highest BCUT2D eigenvalue weighted by Crippen LogP contribution is 2.22. The summed E-state index contributed by atoms with van der Waals surface area (Å²) >= 11 is 0. The maximum Gasteiger partial charge on any atom is 0.339 e. The highest BCUT2D eigenvalue weighted by atomic mass is 16.4. The summed E-state index contributed by atoms with van der Waals surface area (Å²) in [5.74, 6) is -0.677. The lowest BCUT2D eigenvalue weighted by Crippen LogP contribution is -2.27. The van der Waals surface area contributed by atoms with Crippen LogP contribution < -0.4 is 5.32 Å². The van der Waals surface area contributed by atoms with Crippen molar-refractivity contribution in [2.45, 2.75) is 19.9 Å². The molecule has 0 radical (unpaired) electrons. The maximum absolute atomic E-state index is 11.4. The van der Waals surface area contributed by atoms with Crippen LogP contribution in [0.2, 0.25) is 0 Å². The summed E-state index contributed by atoms with van der Waals surface area (Å²) in [6, 6.07) is 8.92. The van der Waals surface area contributed by atoms with E-state index in [1.165, 1.54) is 0 Å². The average molecular weight is 274 g/mol. The van der Waals surface area contributed by atoms with E-state index in [9.17, 15) is 9.90 Å². The molecule has 0 saturated heterocycles. The maximum atomic E-state index is 11.4. The van der Waals surface area contributed by atoms with Crippen LogP contribution in [-0.2, 0) is 0 Å². The number of fused-ring (bicyclic) bond motifs is 1. The molecule has 2 unspecified atom stereocenters. The number of anilines is 1. The number of hydrogen-bond donors (Lipinski definition) is 3. The van der Waals surface area contributed by atoms with Gasteiger partial charge >= 0.3 is 5.97 Å². The summed E-state index contributed by atoms with van der Waals surface area (Å²) in [6.07, 6.45) is 0. The fourth-order valence-electron chi connectivity index (χ4n) is 1.91. The molecule has 106 valence electrons. The van der Waals surface area contributed by atoms with Crippen molar-refractivity contribution in [3.05, 3.63) is 35.9 Å². The van der Waals surface area contributed by atoms with Crippen LogP contribution in [0, 0.1) is 5.92 Å². The zero-order valence-corrected chi connectivity index (χ0v) is 11.5. The first-order chi connectivity index (χ1) is 9.52. The Morgan fingerprint density at radius 3 is 2.70 bits per heavy atom. The number of nitrogens with one attached hydrogen (secondary N) is 1. The summed E-state index contributed by atoms with van der Waals surface area (Å²) in [5.41, 5.74) is 0.879. The van der Waals surface area contributed by atoms with Crippen LogP contribution in [0.15, 0.2) is 30.3 Å². The number of nitrogens with zero attached hydrogens (tertiary/aromatic N) is 1. The summed E-state index contributed by atoms with van der Waals surface area (Å²) in [6.45, 7) is 3.81. The third-order valence-electron chi connectivity index (χ3n) is 3.46. The van der Waals surface area contributed by atoms with E-state index in [2.05, 4.69) is 10.3 Å². The summed E-state index contributed by atoms with van der Waals surface area (Å²) in [7, 11) is 0. The predicted molar refractivity (Wildman–Crippen MR) is 78.0 cm³/mol. The van der Waals surface area contributed by atoms with Crippen molar-refractivity contribution in [2.24, 2.45) is 5.92 Å². The SMILES string of the molecule is CC(CO)C(C)Nc1nc2ccccc2cc1C(=O)O. The van der Waals surface area contributed by atoms with Gasteiger partial charge in [0, 0.05) is 18.0 Å². The lowest BCUT2D eigenvalue weighted by atomic mass is 10.0. The number of rotatable bonds is 5. The topological polar surface area (TPSA) is 82.5 Å². The van der Waals surface area contributed by atoms with Crippen LogP contribution in [0.3, 0.4) is 0 Å². The van der Waals surface area contributed by atoms with E-state index >= 15 is 0 Å². The minimum Gasteiger partial charge on any atom is -0.478 e. The number of para-hydroxylation sites is 1. The quantitative estimate of drug-likeness (QED) is 0.779. The standard InChI is InChI=1S/C15H18N2O3/c1-9(8-18)10(2)16-14-12(15(19)20)7-11-5-3-4-6-13(11)17-14/h3-7,9-10,18H,8H2,1-2H3,(H,16,17)(H,19,20). The fourth-order valence-corrected chi connectivity index (χ4v) is 1.91. The smallest absolute Gasteiger partial charge is 0.339 e. The lowest BCUT2D eigenvalue weighted by Gasteiger charge is -2.21. The molecule has 1 heterocycles. The van der Waals surface area contributed by atoms with E-state index < -0.39 is 5.97 Å². The molecule has 0 fully saturated rings. The highest BCUT2D eigenvalue weighted by Gasteiger charge is 2.17. The fraction of sp³-hybridized carbons (Fsp3) is 0.333. The second-order valence-electron chi connectivity index (χ2n) is 4.98. The molecule has 20 heavy (non-hydrogen) atoms. The molecule has 0 amide bonds. The second kappa shape index (κ2) is 5.88. The summed E-state index contributed by atoms with van der Waals surface area (Å²) in [5, 5.41) is 22.3. The number of aliphatic hydroxyl groups excluding tert-OH is 1. The van der Waals surface area contributed by atoms with E-state index in [-0.39, 0.29) is 24.1 Å². The van der Waals surface area contributed by atoms with E-state index in [1.807, 2.05) is 38.1 Å². The Labute approximate surface area is 117 Å². The minimum atomic E-state index is -1.02. The molecule has 0 aliphatic rings. The van der Waals surface area contributed by atoms with Crippen molar-refractivity contribution in [2.75, 3.05) is 11.9 Å². The Morgan fingerprint density at radius 1 is 1.35 bits per heavy atom. The molecule has 2 atom stereocenters. The van der Waals surface area contributed by atoms with Gasteiger partial charge in [-0.15, -0.1) is 0 Å². The number of aromatic nitrogens is 1. The number of aliphatic hydroxyl groups is 1. The van der Waals surface area contributed by atoms with Crippen molar-refractivity contribution in [3.63, 3.8) is 0 Å². The number of benzene rings is 1. The predicted octanol–water partition coefficient (Wildman–Crippen LogP) is 2.36. The first-order valence-corrected chi connectivity index (χ1v) is 6.53. The molecule has 5 heteroatoms. The van der Waals surface area contributed by atoms with Gasteiger partial charge in [0.2, 0.25) is 0 Å². The Bertz CT molecular complexity index is 628. The van der Waals surface area contributed by atoms with Crippen molar-refractivity contribution >= 4 is 22.7 Å². The molecule has 0 aliphatic carbocycles. The van der Waals surface area contributed by atoms with Gasteiger partial charge in [-0.25, -0.2) is 9.78 Å². The third-order valence-corrected chi connectivity index (χ3v) is 3.46. The lowest BCUT2D eigenvalue weighted by molar-refractivity contribution is 0.0697. The molecule has 2 aromatic rings. The molecular formula is C15H18N2O3. The van der Waals surface area contributed by atoms with Crippen molar-refractivity contribution in [3.8, 4) is 0 Å². The third kappa shape index (κ3) is 2.88. The van der Waals surface area contributed by atoms with Gasteiger partial charge in [-0.05, 0) is 25.0 Å². The minimum absolute atomic E-state index is 0.00455. The van der Waals surface area contributed by atoms with Crippen molar-refractivity contribution < 1.29 is 15.0 Å². The zero-order valence-electron chi connectivity index (χ0n) is 11.5. The van der Waals surface area contributed by atoms with Gasteiger partial charge in [0.05, 0.1) is 5.52 Å². The molecule has 1 aromatic heterocycles. The first-order valence-electron chi connectivity index (χ1n) is 6.53. The van der Waals surface area contributed by atoms with Gasteiger partial charge in [-0.2, -0.15) is 0 Å². The van der Waals surface area contributed by atoms with E-state index in [4.69, 9.17) is 5.11 Å². The second-order valence-corrected chi connectivity index (χ2v) is 4.98. The van der Waals surface area contributed by atoms with Crippen LogP contribution in [0.25, 0.3) is 10.9 Å². The van der Waals surface area contributed by atoms with Gasteiger partial charge < -0.3 is 15.5 Å². The van der Waals surface area contributed by atoms with Gasteiger partial charge in [-0.1, -0.05) is 25.1 Å². The average Bonchev–Trinajstić information content (AvgIpc) is 2.45. The van der Waals surface area contributed by atoms with Crippen LogP contribution >= 0.6 is 0 Å². The van der Waals surface area contributed by atoms with E-state index in [0.29, 0.717) is 5.82 Å². The summed E-state index contributed by atoms with van der Waals surface area (Å²) in [4.78, 5) is 15.7. The molecule has 0 saturated carbocycles. The molecule has 3 N–H and O–H groups in total. The molecule has 1 aromatic carbocycles. The van der Waals surface area contributed by atoms with Crippen LogP contribution in [0.4, 0.5) is 5.82 Å². The molecule has 0 spiro atoms. The molecule has 0 aliphatic heterocycles. The van der Waals surface area contributed by atoms with Crippen LogP contribution in [-0.4, -0.2) is 33.8 Å². The van der Waals surface area contributed by atoms with Crippen molar-refractivity contribution in [1.29, 1.82) is 0 Å². The molecule has 2 rings (SSSR count). The van der Waals surface area contributed by atoms with Crippen LogP contribution in [0.5, 0.6) is 0 Å². The van der Waals surface area contributed by atoms with Gasteiger partial charge in [0.25, 0.3) is 0 Å². The van der Waals surface area contributed by atoms with E-state index in [0.717, 1.165) is 10.9 Å². The largest absolute Gasteiger partial charge is 0.478 e. The van der Waals surface area contributed by atoms with Gasteiger partial charge in [0.1, 0.15) is 11.4 Å². The van der Waals surface area contributed by atoms with Gasteiger partial charge in [-0.3, -0.25) is 0 Å². The van der Waals surface area contributed by atoms with Gasteiger partial charge in [0.15, 0.2) is 0 Å². The molecule has 0 bridgehead atoms. The Balaban J connectivity index is 2.44. The number of aromatic carboxylic acids is 1. The monoisotopic (exact) mass is 274 g/mol. The number of carbonyl (C=O) groups is 1. The number of hydrogen-bond acceptors (Lipinski definition) is 4. The number of pyridine rings is 1. The molecule has 5 nitrogen and oxygen atoms in total. The van der Waals surface area contributed by atoms with Crippen LogP contribution in [0.1, 0.15) is 24.2 Å².